The monoisotopic (exact) mass is 348 g/mol. The summed E-state index contributed by atoms with van der Waals surface area (Å²) < 4.78 is 22.4. The fraction of sp³-hybridized carbons (Fsp3) is 0.250. The first-order valence-corrected chi connectivity index (χ1v) is 9.04. The second-order valence-electron chi connectivity index (χ2n) is 5.20. The molecule has 1 amide bonds. The van der Waals surface area contributed by atoms with Crippen LogP contribution < -0.4 is 15.8 Å². The molecule has 1 heterocycles. The van der Waals surface area contributed by atoms with Crippen LogP contribution in [-0.4, -0.2) is 25.9 Å². The number of benzene rings is 1. The first-order chi connectivity index (χ1) is 11.4. The Balaban J connectivity index is 1.84. The minimum absolute atomic E-state index is 0.0776. The summed E-state index contributed by atoms with van der Waals surface area (Å²) in [6.45, 7) is 2.44. The summed E-state index contributed by atoms with van der Waals surface area (Å²) in [5.41, 5.74) is 1.83. The van der Waals surface area contributed by atoms with E-state index in [9.17, 15) is 13.2 Å². The number of primary sulfonamides is 1. The van der Waals surface area contributed by atoms with E-state index < -0.39 is 10.0 Å². The van der Waals surface area contributed by atoms with E-state index in [0.29, 0.717) is 18.8 Å². The number of nitrogens with two attached hydrogens (primary N) is 1. The third-order valence-corrected chi connectivity index (χ3v) is 4.28. The molecule has 1 aromatic heterocycles. The molecule has 7 nitrogen and oxygen atoms in total. The van der Waals surface area contributed by atoms with Gasteiger partial charge < -0.3 is 10.6 Å². The summed E-state index contributed by atoms with van der Waals surface area (Å²) >= 11 is 0. The van der Waals surface area contributed by atoms with Crippen LogP contribution in [0.15, 0.2) is 47.5 Å². The third kappa shape index (κ3) is 5.32. The van der Waals surface area contributed by atoms with Crippen molar-refractivity contribution in [3.05, 3.63) is 48.2 Å². The maximum atomic E-state index is 11.3. The highest BCUT2D eigenvalue weighted by atomic mass is 32.2. The quantitative estimate of drug-likeness (QED) is 0.705. The van der Waals surface area contributed by atoms with Crippen molar-refractivity contribution in [2.45, 2.75) is 24.7 Å². The predicted octanol–water partition coefficient (Wildman–Crippen LogP) is 1.73. The number of amides is 1. The molecule has 2 aromatic rings. The Morgan fingerprint density at radius 3 is 2.42 bits per heavy atom. The maximum Gasteiger partial charge on any atom is 0.238 e. The number of nitrogens with one attached hydrogen (secondary N) is 2. The van der Waals surface area contributed by atoms with E-state index in [-0.39, 0.29) is 10.8 Å². The standard InChI is InChI=1S/C16H20N4O3S/c1-2-16(21)20-15-8-5-13(11-19-15)18-10-9-12-3-6-14(7-4-12)24(17,22)23/h3-8,11,18H,2,9-10H2,1H3,(H2,17,22,23)(H,19,20,21). The Hall–Kier alpha value is -2.45. The first kappa shape index (κ1) is 17.9. The minimum Gasteiger partial charge on any atom is -0.383 e. The molecular formula is C16H20N4O3S. The molecule has 0 spiro atoms. The number of aromatic nitrogens is 1. The van der Waals surface area contributed by atoms with Gasteiger partial charge in [-0.1, -0.05) is 19.1 Å². The number of sulfonamides is 1. The van der Waals surface area contributed by atoms with Crippen molar-refractivity contribution in [1.82, 2.24) is 4.98 Å². The van der Waals surface area contributed by atoms with Crippen molar-refractivity contribution in [2.24, 2.45) is 5.14 Å². The van der Waals surface area contributed by atoms with E-state index in [1.165, 1.54) is 12.1 Å². The summed E-state index contributed by atoms with van der Waals surface area (Å²) in [7, 11) is -3.65. The number of rotatable bonds is 7. The topological polar surface area (TPSA) is 114 Å². The Bertz CT molecular complexity index is 787. The molecule has 0 aliphatic carbocycles. The van der Waals surface area contributed by atoms with Crippen molar-refractivity contribution < 1.29 is 13.2 Å². The average molecular weight is 348 g/mol. The largest absolute Gasteiger partial charge is 0.383 e. The van der Waals surface area contributed by atoms with Gasteiger partial charge in [-0.15, -0.1) is 0 Å². The fourth-order valence-electron chi connectivity index (χ4n) is 2.00. The van der Waals surface area contributed by atoms with E-state index >= 15 is 0 Å². The summed E-state index contributed by atoms with van der Waals surface area (Å²) in [5, 5.41) is 11.0. The van der Waals surface area contributed by atoms with Crippen molar-refractivity contribution in [2.75, 3.05) is 17.2 Å². The van der Waals surface area contributed by atoms with Gasteiger partial charge in [-0.05, 0) is 36.2 Å². The number of hydrogen-bond acceptors (Lipinski definition) is 5. The molecule has 0 unspecified atom stereocenters. The second-order valence-corrected chi connectivity index (χ2v) is 6.76. The fourth-order valence-corrected chi connectivity index (χ4v) is 2.52. The molecule has 0 aliphatic heterocycles. The zero-order valence-electron chi connectivity index (χ0n) is 13.3. The molecule has 2 rings (SSSR count). The van der Waals surface area contributed by atoms with E-state index in [1.807, 2.05) is 6.07 Å². The molecule has 0 saturated carbocycles. The minimum atomic E-state index is -3.65. The summed E-state index contributed by atoms with van der Waals surface area (Å²) in [5.74, 6) is 0.442. The molecule has 1 aromatic carbocycles. The highest BCUT2D eigenvalue weighted by Crippen LogP contribution is 2.12. The number of anilines is 2. The lowest BCUT2D eigenvalue weighted by Gasteiger charge is -2.08. The van der Waals surface area contributed by atoms with Gasteiger partial charge in [0.2, 0.25) is 15.9 Å². The lowest BCUT2D eigenvalue weighted by molar-refractivity contribution is -0.115. The van der Waals surface area contributed by atoms with Crippen molar-refractivity contribution >= 4 is 27.4 Å². The van der Waals surface area contributed by atoms with Crippen LogP contribution in [0.1, 0.15) is 18.9 Å². The highest BCUT2D eigenvalue weighted by Gasteiger charge is 2.06. The maximum absolute atomic E-state index is 11.3. The molecule has 8 heteroatoms. The molecule has 128 valence electrons. The van der Waals surface area contributed by atoms with Gasteiger partial charge in [0.25, 0.3) is 0 Å². The van der Waals surface area contributed by atoms with Crippen molar-refractivity contribution in [3.8, 4) is 0 Å². The average Bonchev–Trinajstić information content (AvgIpc) is 2.56. The molecule has 0 bridgehead atoms. The number of nitrogens with zero attached hydrogens (tertiary/aromatic N) is 1. The third-order valence-electron chi connectivity index (χ3n) is 3.35. The molecule has 0 atom stereocenters. The van der Waals surface area contributed by atoms with Crippen molar-refractivity contribution in [3.63, 3.8) is 0 Å². The highest BCUT2D eigenvalue weighted by molar-refractivity contribution is 7.89. The molecular weight excluding hydrogens is 328 g/mol. The zero-order chi connectivity index (χ0) is 17.6. The normalized spacial score (nSPS) is 11.1. The number of hydrogen-bond donors (Lipinski definition) is 3. The van der Waals surface area contributed by atoms with Gasteiger partial charge >= 0.3 is 0 Å². The molecule has 0 radical (unpaired) electrons. The first-order valence-electron chi connectivity index (χ1n) is 7.50. The number of carbonyl (C=O) groups is 1. The molecule has 4 N–H and O–H groups in total. The molecule has 24 heavy (non-hydrogen) atoms. The van der Waals surface area contributed by atoms with Crippen LogP contribution >= 0.6 is 0 Å². The summed E-state index contributed by atoms with van der Waals surface area (Å²) in [6.07, 6.45) is 2.78. The van der Waals surface area contributed by atoms with Crippen LogP contribution in [0.3, 0.4) is 0 Å². The Kier molecular flexibility index (Phi) is 5.88. The van der Waals surface area contributed by atoms with Crippen LogP contribution in [0.2, 0.25) is 0 Å². The molecule has 0 aliphatic rings. The smallest absolute Gasteiger partial charge is 0.238 e. The van der Waals surface area contributed by atoms with Gasteiger partial charge in [0.1, 0.15) is 5.82 Å². The van der Waals surface area contributed by atoms with Gasteiger partial charge in [0.15, 0.2) is 0 Å². The van der Waals surface area contributed by atoms with Gasteiger partial charge in [-0.2, -0.15) is 0 Å². The zero-order valence-corrected chi connectivity index (χ0v) is 14.1. The van der Waals surface area contributed by atoms with Gasteiger partial charge in [0.05, 0.1) is 16.8 Å². The van der Waals surface area contributed by atoms with E-state index in [4.69, 9.17) is 5.14 Å². The van der Waals surface area contributed by atoms with Crippen LogP contribution in [-0.2, 0) is 21.2 Å². The van der Waals surface area contributed by atoms with Crippen LogP contribution in [0.4, 0.5) is 11.5 Å². The van der Waals surface area contributed by atoms with E-state index in [2.05, 4.69) is 15.6 Å². The Morgan fingerprint density at radius 1 is 1.17 bits per heavy atom. The number of pyridine rings is 1. The van der Waals surface area contributed by atoms with Crippen LogP contribution in [0.5, 0.6) is 0 Å². The summed E-state index contributed by atoms with van der Waals surface area (Å²) in [6, 6.07) is 10.0. The van der Waals surface area contributed by atoms with Gasteiger partial charge in [0, 0.05) is 13.0 Å². The van der Waals surface area contributed by atoms with Gasteiger partial charge in [-0.25, -0.2) is 18.5 Å². The predicted molar refractivity (Wildman–Crippen MR) is 93.2 cm³/mol. The second kappa shape index (κ2) is 7.89. The lowest BCUT2D eigenvalue weighted by Crippen LogP contribution is -2.12. The number of carbonyl (C=O) groups excluding carboxylic acids is 1. The summed E-state index contributed by atoms with van der Waals surface area (Å²) in [4.78, 5) is 15.5. The van der Waals surface area contributed by atoms with E-state index in [0.717, 1.165) is 17.7 Å². The Morgan fingerprint density at radius 2 is 1.88 bits per heavy atom. The van der Waals surface area contributed by atoms with Crippen LogP contribution in [0.25, 0.3) is 0 Å². The van der Waals surface area contributed by atoms with Crippen molar-refractivity contribution in [1.29, 1.82) is 0 Å². The lowest BCUT2D eigenvalue weighted by atomic mass is 10.1. The molecule has 0 saturated heterocycles. The van der Waals surface area contributed by atoms with Gasteiger partial charge in [-0.3, -0.25) is 4.79 Å². The van der Waals surface area contributed by atoms with Crippen LogP contribution in [0, 0.1) is 0 Å². The SMILES string of the molecule is CCC(=O)Nc1ccc(NCCc2ccc(S(N)(=O)=O)cc2)cn1. The van der Waals surface area contributed by atoms with E-state index in [1.54, 1.807) is 31.3 Å². The Labute approximate surface area is 141 Å². The molecule has 0 fully saturated rings.